The van der Waals surface area contributed by atoms with Gasteiger partial charge in [-0.15, -0.1) is 11.8 Å². The molecule has 0 radical (unpaired) electrons. The van der Waals surface area contributed by atoms with E-state index in [0.717, 1.165) is 16.3 Å². The minimum absolute atomic E-state index is 0.0950. The third-order valence-corrected chi connectivity index (χ3v) is 5.77. The van der Waals surface area contributed by atoms with E-state index in [1.165, 1.54) is 11.8 Å². The second-order valence-electron chi connectivity index (χ2n) is 6.99. The normalized spacial score (nSPS) is 11.3. The molecule has 6 nitrogen and oxygen atoms in total. The first kappa shape index (κ1) is 20.5. The van der Waals surface area contributed by atoms with Crippen molar-refractivity contribution >= 4 is 46.2 Å². The van der Waals surface area contributed by atoms with Crippen LogP contribution >= 0.6 is 23.5 Å². The van der Waals surface area contributed by atoms with Crippen molar-refractivity contribution in [2.45, 2.75) is 37.4 Å². The first-order chi connectivity index (χ1) is 13.4. The Morgan fingerprint density at radius 3 is 2.82 bits per heavy atom. The predicted molar refractivity (Wildman–Crippen MR) is 118 cm³/mol. The Morgan fingerprint density at radius 1 is 1.32 bits per heavy atom. The number of aryl methyl sites for hydroxylation is 1. The van der Waals surface area contributed by atoms with Gasteiger partial charge in [-0.25, -0.2) is 4.98 Å². The fraction of sp³-hybridized carbons (Fsp3) is 0.350. The van der Waals surface area contributed by atoms with Gasteiger partial charge in [0.1, 0.15) is 5.52 Å². The van der Waals surface area contributed by atoms with Crippen LogP contribution in [-0.4, -0.2) is 32.5 Å². The summed E-state index contributed by atoms with van der Waals surface area (Å²) in [5, 5.41) is 3.48. The predicted octanol–water partition coefficient (Wildman–Crippen LogP) is 4.14. The number of carbonyl (C=O) groups is 1. The average Bonchev–Trinajstić information content (AvgIpc) is 3.03. The molecule has 0 fully saturated rings. The Labute approximate surface area is 172 Å². The highest BCUT2D eigenvalue weighted by atomic mass is 32.2. The first-order valence-corrected chi connectivity index (χ1v) is 11.2. The lowest BCUT2D eigenvalue weighted by molar-refractivity contribution is -0.113. The standard InChI is InChI=1S/C20H24N4O2S2/c1-12(2)10-24-19(26)18-16(8-13(3)21-18)23-20(24)28-11-17(25)22-14-6-5-7-15(9-14)27-4/h5-9,12,21H,10-11H2,1-4H3,(H,22,25). The van der Waals surface area contributed by atoms with Crippen LogP contribution in [0.25, 0.3) is 11.0 Å². The zero-order chi connectivity index (χ0) is 20.3. The lowest BCUT2D eigenvalue weighted by Gasteiger charge is -2.14. The van der Waals surface area contributed by atoms with Gasteiger partial charge in [0, 0.05) is 22.8 Å². The number of benzene rings is 1. The topological polar surface area (TPSA) is 79.8 Å². The summed E-state index contributed by atoms with van der Waals surface area (Å²) in [6.45, 7) is 6.56. The van der Waals surface area contributed by atoms with E-state index in [4.69, 9.17) is 0 Å². The highest BCUT2D eigenvalue weighted by molar-refractivity contribution is 7.99. The number of hydrogen-bond donors (Lipinski definition) is 2. The van der Waals surface area contributed by atoms with Gasteiger partial charge < -0.3 is 10.3 Å². The fourth-order valence-electron chi connectivity index (χ4n) is 2.88. The number of amides is 1. The van der Waals surface area contributed by atoms with Crippen LogP contribution in [0.5, 0.6) is 0 Å². The van der Waals surface area contributed by atoms with E-state index < -0.39 is 0 Å². The molecule has 0 saturated heterocycles. The molecule has 0 aliphatic rings. The van der Waals surface area contributed by atoms with E-state index in [-0.39, 0.29) is 23.1 Å². The van der Waals surface area contributed by atoms with Gasteiger partial charge in [0.15, 0.2) is 5.16 Å². The zero-order valence-electron chi connectivity index (χ0n) is 16.4. The molecule has 2 aromatic heterocycles. The fourth-order valence-corrected chi connectivity index (χ4v) is 4.14. The number of aromatic amines is 1. The third-order valence-electron chi connectivity index (χ3n) is 4.07. The largest absolute Gasteiger partial charge is 0.353 e. The van der Waals surface area contributed by atoms with Gasteiger partial charge in [-0.2, -0.15) is 0 Å². The molecule has 3 rings (SSSR count). The molecular formula is C20H24N4O2S2. The first-order valence-electron chi connectivity index (χ1n) is 9.04. The number of nitrogens with one attached hydrogen (secondary N) is 2. The van der Waals surface area contributed by atoms with Gasteiger partial charge in [-0.3, -0.25) is 14.2 Å². The molecule has 1 amide bonds. The molecule has 2 heterocycles. The number of hydrogen-bond acceptors (Lipinski definition) is 5. The molecule has 28 heavy (non-hydrogen) atoms. The lowest BCUT2D eigenvalue weighted by atomic mass is 10.2. The van der Waals surface area contributed by atoms with E-state index in [1.807, 2.05) is 43.5 Å². The Hall–Kier alpha value is -2.19. The van der Waals surface area contributed by atoms with E-state index in [0.29, 0.717) is 22.7 Å². The lowest BCUT2D eigenvalue weighted by Crippen LogP contribution is -2.26. The summed E-state index contributed by atoms with van der Waals surface area (Å²) in [6.07, 6.45) is 2.00. The van der Waals surface area contributed by atoms with Gasteiger partial charge >= 0.3 is 0 Å². The molecular weight excluding hydrogens is 392 g/mol. The van der Waals surface area contributed by atoms with Gasteiger partial charge in [0.2, 0.25) is 5.91 Å². The number of carbonyl (C=O) groups excluding carboxylic acids is 1. The summed E-state index contributed by atoms with van der Waals surface area (Å²) in [5.41, 5.74) is 2.72. The van der Waals surface area contributed by atoms with Crippen LogP contribution in [-0.2, 0) is 11.3 Å². The van der Waals surface area contributed by atoms with E-state index >= 15 is 0 Å². The second-order valence-corrected chi connectivity index (χ2v) is 8.81. The van der Waals surface area contributed by atoms with Crippen molar-refractivity contribution in [2.24, 2.45) is 5.92 Å². The third kappa shape index (κ3) is 4.80. The Bertz CT molecular complexity index is 1060. The summed E-state index contributed by atoms with van der Waals surface area (Å²) < 4.78 is 1.66. The summed E-state index contributed by atoms with van der Waals surface area (Å²) in [5.74, 6) is 0.345. The van der Waals surface area contributed by atoms with E-state index in [1.54, 1.807) is 16.3 Å². The number of anilines is 1. The monoisotopic (exact) mass is 416 g/mol. The molecule has 0 unspecified atom stereocenters. The van der Waals surface area contributed by atoms with Crippen molar-refractivity contribution in [3.05, 3.63) is 46.4 Å². The van der Waals surface area contributed by atoms with Crippen molar-refractivity contribution in [1.29, 1.82) is 0 Å². The SMILES string of the molecule is CSc1cccc(NC(=O)CSc2nc3cc(C)[nH]c3c(=O)n2CC(C)C)c1. The molecule has 3 aromatic rings. The number of thioether (sulfide) groups is 2. The Kier molecular flexibility index (Phi) is 6.51. The quantitative estimate of drug-likeness (QED) is 0.447. The zero-order valence-corrected chi connectivity index (χ0v) is 18.0. The van der Waals surface area contributed by atoms with Crippen LogP contribution < -0.4 is 10.9 Å². The molecule has 148 valence electrons. The molecule has 0 atom stereocenters. The molecule has 0 bridgehead atoms. The van der Waals surface area contributed by atoms with Gasteiger partial charge in [0.25, 0.3) is 5.56 Å². The van der Waals surface area contributed by atoms with Crippen molar-refractivity contribution in [3.8, 4) is 0 Å². The Morgan fingerprint density at radius 2 is 2.11 bits per heavy atom. The average molecular weight is 417 g/mol. The molecule has 0 aliphatic heterocycles. The van der Waals surface area contributed by atoms with E-state index in [2.05, 4.69) is 29.1 Å². The number of aromatic nitrogens is 3. The van der Waals surface area contributed by atoms with Gasteiger partial charge in [-0.1, -0.05) is 31.7 Å². The summed E-state index contributed by atoms with van der Waals surface area (Å²) in [4.78, 5) is 34.1. The number of nitrogens with zero attached hydrogens (tertiary/aromatic N) is 2. The van der Waals surface area contributed by atoms with Crippen LogP contribution in [0.15, 0.2) is 45.2 Å². The van der Waals surface area contributed by atoms with Crippen LogP contribution in [0, 0.1) is 12.8 Å². The highest BCUT2D eigenvalue weighted by Gasteiger charge is 2.16. The Balaban J connectivity index is 1.80. The molecule has 2 N–H and O–H groups in total. The minimum Gasteiger partial charge on any atom is -0.353 e. The highest BCUT2D eigenvalue weighted by Crippen LogP contribution is 2.21. The van der Waals surface area contributed by atoms with Gasteiger partial charge in [0.05, 0.1) is 11.3 Å². The van der Waals surface area contributed by atoms with Crippen LogP contribution in [0.2, 0.25) is 0 Å². The van der Waals surface area contributed by atoms with Crippen molar-refractivity contribution in [2.75, 3.05) is 17.3 Å². The van der Waals surface area contributed by atoms with Gasteiger partial charge in [-0.05, 0) is 43.4 Å². The number of H-pyrrole nitrogens is 1. The van der Waals surface area contributed by atoms with Crippen molar-refractivity contribution in [1.82, 2.24) is 14.5 Å². The van der Waals surface area contributed by atoms with E-state index in [9.17, 15) is 9.59 Å². The molecule has 0 saturated carbocycles. The molecule has 0 spiro atoms. The maximum absolute atomic E-state index is 12.9. The summed E-state index contributed by atoms with van der Waals surface area (Å²) in [6, 6.07) is 9.57. The summed E-state index contributed by atoms with van der Waals surface area (Å²) in [7, 11) is 0. The van der Waals surface area contributed by atoms with Crippen molar-refractivity contribution in [3.63, 3.8) is 0 Å². The van der Waals surface area contributed by atoms with Crippen LogP contribution in [0.4, 0.5) is 5.69 Å². The molecule has 0 aliphatic carbocycles. The number of rotatable bonds is 7. The maximum atomic E-state index is 12.9. The van der Waals surface area contributed by atoms with Crippen LogP contribution in [0.1, 0.15) is 19.5 Å². The summed E-state index contributed by atoms with van der Waals surface area (Å²) >= 11 is 2.91. The smallest absolute Gasteiger partial charge is 0.278 e. The van der Waals surface area contributed by atoms with Crippen molar-refractivity contribution < 1.29 is 4.79 Å². The van der Waals surface area contributed by atoms with Crippen LogP contribution in [0.3, 0.4) is 0 Å². The second kappa shape index (κ2) is 8.87. The maximum Gasteiger partial charge on any atom is 0.278 e. The number of fused-ring (bicyclic) bond motifs is 1. The molecule has 1 aromatic carbocycles. The minimum atomic E-state index is -0.126. The molecule has 8 heteroatoms.